The average Bonchev–Trinajstić information content (AvgIpc) is 2.57. The highest BCUT2D eigenvalue weighted by atomic mass is 16.5. The fourth-order valence-corrected chi connectivity index (χ4v) is 1.57. The first-order valence-corrected chi connectivity index (χ1v) is 7.60. The Bertz CT molecular complexity index is 531. The molecule has 2 N–H and O–H groups in total. The third-order valence-corrected chi connectivity index (χ3v) is 2.60. The average molecular weight is 331 g/mol. The van der Waals surface area contributed by atoms with E-state index in [2.05, 4.69) is 23.1 Å². The fraction of sp³-hybridized carbons (Fsp3) is 0.333. The van der Waals surface area contributed by atoms with E-state index in [1.54, 1.807) is 31.5 Å². The second kappa shape index (κ2) is 15.3. The lowest BCUT2D eigenvalue weighted by molar-refractivity contribution is -0.465. The summed E-state index contributed by atoms with van der Waals surface area (Å²) in [6.07, 6.45) is 15.2. The van der Waals surface area contributed by atoms with E-state index >= 15 is 0 Å². The number of aliphatic hydroxyl groups is 1. The van der Waals surface area contributed by atoms with Crippen molar-refractivity contribution in [2.24, 2.45) is 9.98 Å². The molecule has 6 heteroatoms. The number of rotatable bonds is 12. The maximum absolute atomic E-state index is 10.1. The van der Waals surface area contributed by atoms with Crippen molar-refractivity contribution in [3.05, 3.63) is 49.9 Å². The topological polar surface area (TPSA) is 81.0 Å². The number of allylic oxidation sites excluding steroid dienone is 3. The van der Waals surface area contributed by atoms with Gasteiger partial charge in [-0.3, -0.25) is 4.99 Å². The van der Waals surface area contributed by atoms with Gasteiger partial charge in [0.1, 0.15) is 18.9 Å². The Labute approximate surface area is 144 Å². The minimum absolute atomic E-state index is 0.110. The summed E-state index contributed by atoms with van der Waals surface area (Å²) in [5, 5.41) is 17.1. The fourth-order valence-electron chi connectivity index (χ4n) is 1.57. The molecule has 0 aliphatic carbocycles. The van der Waals surface area contributed by atoms with Gasteiger partial charge in [-0.25, -0.2) is 9.57 Å². The molecule has 0 aromatic rings. The number of nitrogens with one attached hydrogen (secondary N) is 1. The van der Waals surface area contributed by atoms with Crippen molar-refractivity contribution in [1.29, 1.82) is 5.41 Å². The molecule has 0 saturated heterocycles. The van der Waals surface area contributed by atoms with Crippen LogP contribution in [0.2, 0.25) is 0 Å². The Balaban J connectivity index is 4.68. The Morgan fingerprint density at radius 1 is 1.33 bits per heavy atom. The first-order chi connectivity index (χ1) is 11.7. The SMILES string of the molecule is C=CCC=[N+](/C=C\C=NC)CC(O)COC(CC=C)=N/C=C\C=N. The molecule has 0 amide bonds. The van der Waals surface area contributed by atoms with Gasteiger partial charge in [0.25, 0.3) is 0 Å². The summed E-state index contributed by atoms with van der Waals surface area (Å²) in [6.45, 7) is 7.81. The van der Waals surface area contributed by atoms with E-state index in [0.29, 0.717) is 25.3 Å². The minimum atomic E-state index is -0.698. The Kier molecular flexibility index (Phi) is 13.6. The van der Waals surface area contributed by atoms with Crippen molar-refractivity contribution in [3.63, 3.8) is 0 Å². The molecule has 0 radical (unpaired) electrons. The number of hydrogen-bond acceptors (Lipinski definition) is 5. The molecule has 1 atom stereocenters. The van der Waals surface area contributed by atoms with Gasteiger partial charge >= 0.3 is 0 Å². The van der Waals surface area contributed by atoms with Gasteiger partial charge in [0.05, 0.1) is 0 Å². The summed E-state index contributed by atoms with van der Waals surface area (Å²) >= 11 is 0. The van der Waals surface area contributed by atoms with E-state index in [0.717, 1.165) is 6.21 Å². The maximum Gasteiger partial charge on any atom is 0.191 e. The highest BCUT2D eigenvalue weighted by Crippen LogP contribution is 1.97. The van der Waals surface area contributed by atoms with Crippen LogP contribution >= 0.6 is 0 Å². The van der Waals surface area contributed by atoms with Crippen molar-refractivity contribution < 1.29 is 14.4 Å². The summed E-state index contributed by atoms with van der Waals surface area (Å²) in [7, 11) is 1.69. The molecule has 0 bridgehead atoms. The van der Waals surface area contributed by atoms with E-state index in [4.69, 9.17) is 10.1 Å². The molecule has 130 valence electrons. The molecule has 0 rings (SSSR count). The molecule has 0 heterocycles. The van der Waals surface area contributed by atoms with Gasteiger partial charge in [-0.05, 0) is 6.08 Å². The van der Waals surface area contributed by atoms with Crippen LogP contribution in [0.25, 0.3) is 0 Å². The molecule has 0 aliphatic heterocycles. The van der Waals surface area contributed by atoms with Crippen LogP contribution in [0, 0.1) is 5.41 Å². The van der Waals surface area contributed by atoms with Crippen LogP contribution in [0.1, 0.15) is 12.8 Å². The van der Waals surface area contributed by atoms with Crippen molar-refractivity contribution in [2.75, 3.05) is 20.2 Å². The van der Waals surface area contributed by atoms with Crippen LogP contribution in [0.15, 0.2) is 59.8 Å². The lowest BCUT2D eigenvalue weighted by atomic mass is 10.3. The Hall–Kier alpha value is -2.60. The van der Waals surface area contributed by atoms with Crippen molar-refractivity contribution in [2.45, 2.75) is 18.9 Å². The number of hydrogen-bond donors (Lipinski definition) is 2. The van der Waals surface area contributed by atoms with Gasteiger partial charge in [0, 0.05) is 44.6 Å². The first kappa shape index (κ1) is 21.4. The van der Waals surface area contributed by atoms with Gasteiger partial charge in [0.15, 0.2) is 18.6 Å². The largest absolute Gasteiger partial charge is 0.477 e. The molecule has 6 nitrogen and oxygen atoms in total. The zero-order chi connectivity index (χ0) is 18.0. The van der Waals surface area contributed by atoms with Crippen LogP contribution in [0.4, 0.5) is 0 Å². The van der Waals surface area contributed by atoms with Gasteiger partial charge in [-0.2, -0.15) is 0 Å². The number of aliphatic imine (C=N–C) groups is 2. The van der Waals surface area contributed by atoms with Gasteiger partial charge in [-0.15, -0.1) is 13.2 Å². The van der Waals surface area contributed by atoms with Crippen LogP contribution in [0.5, 0.6) is 0 Å². The highest BCUT2D eigenvalue weighted by Gasteiger charge is 2.13. The van der Waals surface area contributed by atoms with Crippen molar-refractivity contribution >= 4 is 24.5 Å². The summed E-state index contributed by atoms with van der Waals surface area (Å²) in [4.78, 5) is 7.95. The van der Waals surface area contributed by atoms with Crippen molar-refractivity contribution in [1.82, 2.24) is 0 Å². The number of aliphatic hydroxyl groups excluding tert-OH is 1. The standard InChI is InChI=1S/C18H27N4O2/c1-4-6-13-22(14-8-11-20-3)15-17(23)16-24-18(9-5-2)21-12-7-10-19/h4-5,7-8,10-14,17,19,23H,1-2,6,9,15-16H2,3H3/q+1/b12-7-,14-8-,19-10?,20-11?,21-18?,22-13?. The van der Waals surface area contributed by atoms with E-state index in [-0.39, 0.29) is 6.61 Å². The number of nitrogens with zero attached hydrogens (tertiary/aromatic N) is 3. The van der Waals surface area contributed by atoms with Gasteiger partial charge in [0.2, 0.25) is 0 Å². The molecule has 0 aliphatic rings. The van der Waals surface area contributed by atoms with Crippen LogP contribution in [0.3, 0.4) is 0 Å². The zero-order valence-electron chi connectivity index (χ0n) is 14.2. The van der Waals surface area contributed by atoms with E-state index in [1.165, 1.54) is 12.3 Å². The second-order valence-electron chi connectivity index (χ2n) is 4.64. The predicted octanol–water partition coefficient (Wildman–Crippen LogP) is 2.38. The van der Waals surface area contributed by atoms with Crippen LogP contribution in [-0.4, -0.2) is 60.5 Å². The van der Waals surface area contributed by atoms with Crippen LogP contribution in [-0.2, 0) is 4.74 Å². The maximum atomic E-state index is 10.1. The second-order valence-corrected chi connectivity index (χ2v) is 4.64. The summed E-state index contributed by atoms with van der Waals surface area (Å²) in [5.41, 5.74) is 0. The lowest BCUT2D eigenvalue weighted by Crippen LogP contribution is -2.28. The molecule has 0 aromatic carbocycles. The molecule has 1 unspecified atom stereocenters. The molecule has 0 aromatic heterocycles. The summed E-state index contributed by atoms with van der Waals surface area (Å²) in [6, 6.07) is 0. The van der Waals surface area contributed by atoms with Crippen LogP contribution < -0.4 is 0 Å². The van der Waals surface area contributed by atoms with Gasteiger partial charge < -0.3 is 15.3 Å². The monoisotopic (exact) mass is 331 g/mol. The molecular formula is C18H27N4O2+. The van der Waals surface area contributed by atoms with Gasteiger partial charge in [-0.1, -0.05) is 12.2 Å². The highest BCUT2D eigenvalue weighted by molar-refractivity contribution is 5.78. The quantitative estimate of drug-likeness (QED) is 0.249. The normalized spacial score (nSPS) is 14.4. The predicted molar refractivity (Wildman–Crippen MR) is 102 cm³/mol. The molecule has 0 spiro atoms. The molecule has 0 saturated carbocycles. The van der Waals surface area contributed by atoms with Crippen molar-refractivity contribution in [3.8, 4) is 0 Å². The first-order valence-electron chi connectivity index (χ1n) is 7.60. The zero-order valence-corrected chi connectivity index (χ0v) is 14.2. The smallest absolute Gasteiger partial charge is 0.191 e. The lowest BCUT2D eigenvalue weighted by Gasteiger charge is -2.11. The molecule has 24 heavy (non-hydrogen) atoms. The summed E-state index contributed by atoms with van der Waals surface area (Å²) < 4.78 is 7.37. The molecular weight excluding hydrogens is 304 g/mol. The third kappa shape index (κ3) is 12.0. The minimum Gasteiger partial charge on any atom is -0.477 e. The van der Waals surface area contributed by atoms with E-state index in [1.807, 2.05) is 17.0 Å². The van der Waals surface area contributed by atoms with E-state index < -0.39 is 6.10 Å². The Morgan fingerprint density at radius 2 is 2.12 bits per heavy atom. The summed E-state index contributed by atoms with van der Waals surface area (Å²) in [5.74, 6) is 0.442. The molecule has 0 fully saturated rings. The third-order valence-electron chi connectivity index (χ3n) is 2.60. The Morgan fingerprint density at radius 3 is 2.75 bits per heavy atom. The van der Waals surface area contributed by atoms with E-state index in [9.17, 15) is 5.11 Å². The number of ether oxygens (including phenoxy) is 1.